The maximum Gasteiger partial charge on any atom is 0.325 e. The molecule has 14 heteroatoms. The number of hydrogen-bond donors (Lipinski definition) is 4. The largest absolute Gasteiger partial charge is 0.456 e. The molecule has 0 aromatic heterocycles. The Labute approximate surface area is 257 Å². The summed E-state index contributed by atoms with van der Waals surface area (Å²) in [7, 11) is 0. The Balaban J connectivity index is 1.23. The lowest BCUT2D eigenvalue weighted by atomic mass is 9.44. The van der Waals surface area contributed by atoms with Crippen molar-refractivity contribution in [2.24, 2.45) is 22.7 Å². The number of alkyl halides is 1. The fourth-order valence-electron chi connectivity index (χ4n) is 8.17. The van der Waals surface area contributed by atoms with E-state index < -0.39 is 82.0 Å². The number of amides is 1. The van der Waals surface area contributed by atoms with E-state index in [1.807, 2.05) is 0 Å². The van der Waals surface area contributed by atoms with Crippen molar-refractivity contribution in [1.29, 1.82) is 0 Å². The molecule has 2 unspecified atom stereocenters. The monoisotopic (exact) mass is 630 g/mol. The van der Waals surface area contributed by atoms with Crippen molar-refractivity contribution >= 4 is 23.4 Å². The van der Waals surface area contributed by atoms with Crippen molar-refractivity contribution in [2.75, 3.05) is 13.2 Å². The van der Waals surface area contributed by atoms with Crippen LogP contribution < -0.4 is 5.32 Å². The van der Waals surface area contributed by atoms with Crippen LogP contribution in [0.2, 0.25) is 0 Å². The zero-order valence-corrected chi connectivity index (χ0v) is 24.7. The number of fused-ring (bicyclic) bond motifs is 5. The van der Waals surface area contributed by atoms with Gasteiger partial charge in [0.1, 0.15) is 13.2 Å². The Bertz CT molecular complexity index is 1490. The molecule has 4 N–H and O–H groups in total. The van der Waals surface area contributed by atoms with Crippen molar-refractivity contribution in [3.63, 3.8) is 0 Å². The molecular formula is C31H35FN2O11. The molecule has 3 fully saturated rings. The number of ether oxygens (including phenoxy) is 1. The number of nitrogens with one attached hydrogen (secondary N) is 1. The van der Waals surface area contributed by atoms with Crippen molar-refractivity contribution in [1.82, 2.24) is 5.32 Å². The summed E-state index contributed by atoms with van der Waals surface area (Å²) >= 11 is 0. The van der Waals surface area contributed by atoms with E-state index in [0.717, 1.165) is 0 Å². The third-order valence-electron chi connectivity index (χ3n) is 10.6. The van der Waals surface area contributed by atoms with E-state index in [1.54, 1.807) is 6.92 Å². The van der Waals surface area contributed by atoms with Gasteiger partial charge in [-0.25, -0.2) is 4.39 Å². The number of aliphatic hydroxyl groups excluding tert-OH is 2. The van der Waals surface area contributed by atoms with Gasteiger partial charge in [0, 0.05) is 22.3 Å². The first-order chi connectivity index (χ1) is 21.1. The standard InChI is InChI=1S/C31H35FN2O11/c1-28-10-9-20(35)11-19(28)7-8-21-22-12-23(36)31(41,29(22,2)13-24(37)30(21,28)32)25(38)16-44-26(39)14-33-27(40)18-5-3-17(4-6-18)15-45-34(42)43/h3-6,9-11,21-24,36-37,41H,7-8,12-16H2,1-2H3,(H,33,40)/t21?,22?,23-,24+,28+,29+,30+,31+/m1/s1. The molecule has 0 spiro atoms. The molecule has 1 amide bonds. The number of Topliss-reactive ketones (excluding diaryl/α,β-unsaturated/α-hetero) is 1. The Morgan fingerprint density at radius 1 is 1.13 bits per heavy atom. The number of allylic oxidation sites excluding steroid dienone is 4. The van der Waals surface area contributed by atoms with E-state index in [9.17, 15) is 44.6 Å². The second kappa shape index (κ2) is 11.4. The molecular weight excluding hydrogens is 595 g/mol. The number of carbonyl (C=O) groups excluding carboxylic acids is 4. The second-order valence-corrected chi connectivity index (χ2v) is 12.7. The van der Waals surface area contributed by atoms with E-state index in [-0.39, 0.29) is 37.2 Å². The van der Waals surface area contributed by atoms with Gasteiger partial charge in [-0.15, -0.1) is 10.1 Å². The van der Waals surface area contributed by atoms with Crippen molar-refractivity contribution in [3.05, 3.63) is 69.3 Å². The van der Waals surface area contributed by atoms with Gasteiger partial charge in [-0.1, -0.05) is 30.7 Å². The van der Waals surface area contributed by atoms with Crippen LogP contribution in [0.5, 0.6) is 0 Å². The average Bonchev–Trinajstić information content (AvgIpc) is 3.20. The number of aliphatic hydroxyl groups is 3. The highest BCUT2D eigenvalue weighted by atomic mass is 19.1. The number of benzene rings is 1. The normalized spacial score (nSPS) is 36.6. The Morgan fingerprint density at radius 3 is 2.49 bits per heavy atom. The first-order valence-corrected chi connectivity index (χ1v) is 14.6. The molecule has 0 radical (unpaired) electrons. The summed E-state index contributed by atoms with van der Waals surface area (Å²) in [4.78, 5) is 64.8. The topological polar surface area (TPSA) is 203 Å². The van der Waals surface area contributed by atoms with Crippen LogP contribution in [0.25, 0.3) is 0 Å². The highest BCUT2D eigenvalue weighted by Crippen LogP contribution is 2.69. The molecule has 0 heterocycles. The Kier molecular flexibility index (Phi) is 8.21. The lowest BCUT2D eigenvalue weighted by Crippen LogP contribution is -2.69. The zero-order valence-electron chi connectivity index (χ0n) is 24.7. The van der Waals surface area contributed by atoms with Crippen LogP contribution in [0, 0.1) is 32.8 Å². The minimum atomic E-state index is -2.46. The number of esters is 1. The fourth-order valence-corrected chi connectivity index (χ4v) is 8.17. The van der Waals surface area contributed by atoms with E-state index in [4.69, 9.17) is 4.74 Å². The van der Waals surface area contributed by atoms with E-state index in [0.29, 0.717) is 17.6 Å². The molecule has 8 atom stereocenters. The predicted molar refractivity (Wildman–Crippen MR) is 151 cm³/mol. The van der Waals surface area contributed by atoms with Crippen LogP contribution >= 0.6 is 0 Å². The second-order valence-electron chi connectivity index (χ2n) is 12.7. The molecule has 13 nitrogen and oxygen atoms in total. The lowest BCUT2D eigenvalue weighted by molar-refractivity contribution is -0.763. The highest BCUT2D eigenvalue weighted by molar-refractivity contribution is 6.01. The SMILES string of the molecule is C[C@]12C=CC(=O)C=C1CCC1C3C[C@@H](O)[C@](O)(C(=O)COC(=O)CNC(=O)c4ccc(CO[N+](=O)[O-])cc4)[C@@]3(C)C[C@H](O)[C@@]12F. The minimum absolute atomic E-state index is 0.124. The zero-order chi connectivity index (χ0) is 32.9. The van der Waals surface area contributed by atoms with Gasteiger partial charge < -0.3 is 30.2 Å². The van der Waals surface area contributed by atoms with Crippen molar-refractivity contribution in [3.8, 4) is 0 Å². The quantitative estimate of drug-likeness (QED) is 0.174. The summed E-state index contributed by atoms with van der Waals surface area (Å²) in [6.07, 6.45) is 0.995. The summed E-state index contributed by atoms with van der Waals surface area (Å²) in [5, 5.41) is 45.9. The molecule has 4 aliphatic rings. The van der Waals surface area contributed by atoms with Gasteiger partial charge in [0.25, 0.3) is 11.0 Å². The number of hydrogen-bond acceptors (Lipinski definition) is 11. The molecule has 1 aromatic carbocycles. The molecule has 1 aromatic rings. The average molecular weight is 631 g/mol. The molecule has 3 saturated carbocycles. The molecule has 0 saturated heterocycles. The predicted octanol–water partition coefficient (Wildman–Crippen LogP) is 1.31. The van der Waals surface area contributed by atoms with Gasteiger partial charge in [0.15, 0.2) is 23.7 Å². The molecule has 4 aliphatic carbocycles. The van der Waals surface area contributed by atoms with Gasteiger partial charge in [-0.2, -0.15) is 0 Å². The summed E-state index contributed by atoms with van der Waals surface area (Å²) in [5.41, 5.74) is -6.28. The molecule has 0 aliphatic heterocycles. The minimum Gasteiger partial charge on any atom is -0.456 e. The van der Waals surface area contributed by atoms with Gasteiger partial charge >= 0.3 is 5.97 Å². The maximum absolute atomic E-state index is 17.2. The van der Waals surface area contributed by atoms with Crippen LogP contribution in [-0.2, 0) is 30.6 Å². The van der Waals surface area contributed by atoms with Gasteiger partial charge in [-0.3, -0.25) is 19.2 Å². The first kappa shape index (κ1) is 32.4. The molecule has 242 valence electrons. The van der Waals surface area contributed by atoms with Gasteiger partial charge in [0.05, 0.1) is 12.2 Å². The van der Waals surface area contributed by atoms with Crippen molar-refractivity contribution in [2.45, 2.75) is 69.6 Å². The van der Waals surface area contributed by atoms with E-state index >= 15 is 4.39 Å². The highest BCUT2D eigenvalue weighted by Gasteiger charge is 2.76. The van der Waals surface area contributed by atoms with Crippen LogP contribution in [0.15, 0.2) is 48.1 Å². The summed E-state index contributed by atoms with van der Waals surface area (Å²) in [6.45, 7) is 1.28. The third-order valence-corrected chi connectivity index (χ3v) is 10.6. The van der Waals surface area contributed by atoms with Crippen LogP contribution in [0.3, 0.4) is 0 Å². The fraction of sp³-hybridized carbons (Fsp3) is 0.548. The summed E-state index contributed by atoms with van der Waals surface area (Å²) in [5.74, 6) is -4.52. The lowest BCUT2D eigenvalue weighted by Gasteiger charge is -2.62. The summed E-state index contributed by atoms with van der Waals surface area (Å²) < 4.78 is 22.2. The number of nitrogens with zero attached hydrogens (tertiary/aromatic N) is 1. The number of carbonyl (C=O) groups is 4. The van der Waals surface area contributed by atoms with Crippen molar-refractivity contribution < 1.29 is 53.5 Å². The smallest absolute Gasteiger partial charge is 0.325 e. The van der Waals surface area contributed by atoms with Crippen LogP contribution in [0.1, 0.15) is 55.5 Å². The van der Waals surface area contributed by atoms with Crippen LogP contribution in [-0.4, -0.2) is 80.5 Å². The van der Waals surface area contributed by atoms with E-state index in [2.05, 4.69) is 10.2 Å². The number of halogens is 1. The number of ketones is 2. The Hall–Kier alpha value is -4.01. The van der Waals surface area contributed by atoms with Crippen LogP contribution in [0.4, 0.5) is 4.39 Å². The molecule has 5 rings (SSSR count). The van der Waals surface area contributed by atoms with Gasteiger partial charge in [0.2, 0.25) is 5.78 Å². The maximum atomic E-state index is 17.2. The first-order valence-electron chi connectivity index (χ1n) is 14.6. The third kappa shape index (κ3) is 5.04. The van der Waals surface area contributed by atoms with E-state index in [1.165, 1.54) is 49.4 Å². The van der Waals surface area contributed by atoms with Gasteiger partial charge in [-0.05, 0) is 68.4 Å². The molecule has 0 bridgehead atoms. The summed E-state index contributed by atoms with van der Waals surface area (Å²) in [6, 6.07) is 5.61. The molecule has 45 heavy (non-hydrogen) atoms. The number of rotatable bonds is 9. The Morgan fingerprint density at radius 2 is 1.82 bits per heavy atom.